The molecule has 174 valence electrons. The van der Waals surface area contributed by atoms with Crippen molar-refractivity contribution in [2.75, 3.05) is 19.5 Å². The largest absolute Gasteiger partial charge is 0.493 e. The third-order valence-corrected chi connectivity index (χ3v) is 4.65. The number of carbonyl (C=O) groups is 3. The molecule has 0 radical (unpaired) electrons. The first-order valence-corrected chi connectivity index (χ1v) is 10.4. The van der Waals surface area contributed by atoms with Crippen LogP contribution in [0.15, 0.2) is 48.5 Å². The molecule has 0 unspecified atom stereocenters. The minimum atomic E-state index is -0.504. The van der Waals surface area contributed by atoms with Crippen LogP contribution in [-0.4, -0.2) is 37.1 Å². The Bertz CT molecular complexity index is 1060. The number of hydrogen-bond acceptors (Lipinski definition) is 6. The fraction of sp³-hybridized carbons (Fsp3) is 0.182. The molecule has 0 aliphatic carbocycles. The summed E-state index contributed by atoms with van der Waals surface area (Å²) in [6.45, 7) is 0. The molecular formula is C22H23ClN4O5S. The fourth-order valence-corrected chi connectivity index (χ4v) is 2.84. The van der Waals surface area contributed by atoms with E-state index in [1.807, 2.05) is 0 Å². The second kappa shape index (κ2) is 13.0. The maximum Gasteiger partial charge on any atom is 0.250 e. The molecule has 0 aromatic heterocycles. The number of methoxy groups -OCH3 is 2. The van der Waals surface area contributed by atoms with Gasteiger partial charge in [-0.15, -0.1) is 0 Å². The number of para-hydroxylation sites is 1. The number of ether oxygens (including phenoxy) is 2. The molecule has 2 rings (SSSR count). The maximum atomic E-state index is 12.0. The van der Waals surface area contributed by atoms with Crippen LogP contribution in [0.5, 0.6) is 11.5 Å². The number of carbonyl (C=O) groups excluding carboxylic acids is 3. The smallest absolute Gasteiger partial charge is 0.250 e. The van der Waals surface area contributed by atoms with Gasteiger partial charge in [-0.2, -0.15) is 0 Å². The average molecular weight is 491 g/mol. The summed E-state index contributed by atoms with van der Waals surface area (Å²) in [6, 6.07) is 12.0. The van der Waals surface area contributed by atoms with Crippen molar-refractivity contribution in [3.8, 4) is 11.5 Å². The van der Waals surface area contributed by atoms with Crippen LogP contribution >= 0.6 is 23.8 Å². The zero-order valence-electron chi connectivity index (χ0n) is 17.9. The summed E-state index contributed by atoms with van der Waals surface area (Å²) in [4.78, 5) is 35.8. The van der Waals surface area contributed by atoms with Crippen molar-refractivity contribution in [2.45, 2.75) is 12.8 Å². The number of hydrazine groups is 1. The first-order valence-electron chi connectivity index (χ1n) is 9.66. The van der Waals surface area contributed by atoms with Crippen molar-refractivity contribution >= 4 is 58.4 Å². The lowest BCUT2D eigenvalue weighted by molar-refractivity contribution is -0.124. The lowest BCUT2D eigenvalue weighted by atomic mass is 10.2. The molecule has 0 fully saturated rings. The number of hydrogen-bond donors (Lipinski definition) is 4. The minimum absolute atomic E-state index is 0.0636. The van der Waals surface area contributed by atoms with Crippen LogP contribution < -0.4 is 31.0 Å². The van der Waals surface area contributed by atoms with Crippen LogP contribution in [0.25, 0.3) is 6.08 Å². The molecule has 9 nitrogen and oxygen atoms in total. The van der Waals surface area contributed by atoms with E-state index in [2.05, 4.69) is 21.5 Å². The Hall–Kier alpha value is -3.63. The first kappa shape index (κ1) is 25.6. The topological polar surface area (TPSA) is 118 Å². The highest BCUT2D eigenvalue weighted by molar-refractivity contribution is 7.80. The molecule has 2 aromatic rings. The summed E-state index contributed by atoms with van der Waals surface area (Å²) < 4.78 is 10.4. The average Bonchev–Trinajstić information content (AvgIpc) is 2.81. The number of amides is 3. The van der Waals surface area contributed by atoms with Gasteiger partial charge in [-0.3, -0.25) is 30.6 Å². The van der Waals surface area contributed by atoms with Gasteiger partial charge in [0.25, 0.3) is 0 Å². The third-order valence-electron chi connectivity index (χ3n) is 4.11. The summed E-state index contributed by atoms with van der Waals surface area (Å²) in [5.74, 6) is -0.256. The van der Waals surface area contributed by atoms with Gasteiger partial charge in [0.05, 0.1) is 24.9 Å². The van der Waals surface area contributed by atoms with Crippen LogP contribution in [0.4, 0.5) is 5.69 Å². The standard InChI is InChI=1S/C22H23ClN4O5S/c1-31-17-9-7-14(13-18(17)32-2)8-10-20(29)25-22(33)27-26-21(30)12-11-19(28)24-16-6-4-3-5-15(16)23/h3-10,13H,11-12H2,1-2H3,(H,24,28)(H,26,30)(H2,25,27,29,33). The van der Waals surface area contributed by atoms with E-state index in [1.54, 1.807) is 48.5 Å². The maximum absolute atomic E-state index is 12.0. The molecule has 0 aliphatic heterocycles. The molecule has 0 atom stereocenters. The molecule has 0 saturated carbocycles. The highest BCUT2D eigenvalue weighted by atomic mass is 35.5. The predicted octanol–water partition coefficient (Wildman–Crippen LogP) is 2.81. The molecule has 0 heterocycles. The number of anilines is 1. The van der Waals surface area contributed by atoms with Gasteiger partial charge < -0.3 is 14.8 Å². The van der Waals surface area contributed by atoms with Crippen LogP contribution in [0.2, 0.25) is 5.02 Å². The Morgan fingerprint density at radius 3 is 2.36 bits per heavy atom. The molecule has 0 saturated heterocycles. The Balaban J connectivity index is 1.72. The fourth-order valence-electron chi connectivity index (χ4n) is 2.50. The van der Waals surface area contributed by atoms with Crippen LogP contribution in [-0.2, 0) is 14.4 Å². The van der Waals surface area contributed by atoms with Crippen molar-refractivity contribution in [3.05, 3.63) is 59.1 Å². The molecule has 2 aromatic carbocycles. The Labute approximate surface area is 201 Å². The van der Waals surface area contributed by atoms with E-state index < -0.39 is 11.8 Å². The third kappa shape index (κ3) is 8.79. The van der Waals surface area contributed by atoms with Crippen molar-refractivity contribution in [1.82, 2.24) is 16.2 Å². The second-order valence-electron chi connectivity index (χ2n) is 6.47. The van der Waals surface area contributed by atoms with E-state index in [4.69, 9.17) is 33.3 Å². The molecular weight excluding hydrogens is 468 g/mol. The van der Waals surface area contributed by atoms with Gasteiger partial charge in [0.1, 0.15) is 0 Å². The Morgan fingerprint density at radius 2 is 1.67 bits per heavy atom. The van der Waals surface area contributed by atoms with Crippen molar-refractivity contribution in [1.29, 1.82) is 0 Å². The van der Waals surface area contributed by atoms with E-state index in [0.717, 1.165) is 0 Å². The molecule has 0 bridgehead atoms. The molecule has 3 amide bonds. The van der Waals surface area contributed by atoms with Gasteiger partial charge in [-0.1, -0.05) is 29.8 Å². The Kier molecular flexibility index (Phi) is 10.1. The number of halogens is 1. The number of benzene rings is 2. The highest BCUT2D eigenvalue weighted by Gasteiger charge is 2.10. The zero-order valence-corrected chi connectivity index (χ0v) is 19.5. The first-order chi connectivity index (χ1) is 15.8. The van der Waals surface area contributed by atoms with Crippen molar-refractivity contribution < 1.29 is 23.9 Å². The number of thiocarbonyl (C=S) groups is 1. The van der Waals surface area contributed by atoms with Crippen LogP contribution in [0, 0.1) is 0 Å². The van der Waals surface area contributed by atoms with Gasteiger partial charge >= 0.3 is 0 Å². The molecule has 0 aliphatic rings. The summed E-state index contributed by atoms with van der Waals surface area (Å²) in [7, 11) is 3.05. The van der Waals surface area contributed by atoms with Gasteiger partial charge in [0, 0.05) is 18.9 Å². The second-order valence-corrected chi connectivity index (χ2v) is 7.28. The van der Waals surface area contributed by atoms with Crippen molar-refractivity contribution in [3.63, 3.8) is 0 Å². The Morgan fingerprint density at radius 1 is 0.970 bits per heavy atom. The lowest BCUT2D eigenvalue weighted by Gasteiger charge is -2.10. The van der Waals surface area contributed by atoms with Crippen LogP contribution in [0.3, 0.4) is 0 Å². The van der Waals surface area contributed by atoms with E-state index in [0.29, 0.717) is 27.8 Å². The summed E-state index contributed by atoms with van der Waals surface area (Å²) >= 11 is 10.9. The van der Waals surface area contributed by atoms with Crippen LogP contribution in [0.1, 0.15) is 18.4 Å². The minimum Gasteiger partial charge on any atom is -0.493 e. The normalized spacial score (nSPS) is 10.3. The van der Waals surface area contributed by atoms with Crippen molar-refractivity contribution in [2.24, 2.45) is 0 Å². The summed E-state index contributed by atoms with van der Waals surface area (Å²) in [5, 5.41) is 5.31. The molecule has 4 N–H and O–H groups in total. The van der Waals surface area contributed by atoms with E-state index in [9.17, 15) is 14.4 Å². The molecule has 33 heavy (non-hydrogen) atoms. The molecule has 11 heteroatoms. The molecule has 0 spiro atoms. The predicted molar refractivity (Wildman–Crippen MR) is 130 cm³/mol. The van der Waals surface area contributed by atoms with E-state index in [1.165, 1.54) is 20.3 Å². The van der Waals surface area contributed by atoms with E-state index >= 15 is 0 Å². The zero-order chi connectivity index (χ0) is 24.2. The number of rotatable bonds is 8. The van der Waals surface area contributed by atoms with E-state index in [-0.39, 0.29) is 23.9 Å². The van der Waals surface area contributed by atoms with Gasteiger partial charge in [0.2, 0.25) is 17.7 Å². The van der Waals surface area contributed by atoms with Gasteiger partial charge in [0.15, 0.2) is 16.6 Å². The summed E-state index contributed by atoms with van der Waals surface area (Å²) in [5.41, 5.74) is 5.90. The summed E-state index contributed by atoms with van der Waals surface area (Å²) in [6.07, 6.45) is 2.68. The SMILES string of the molecule is COc1ccc(C=CC(=O)NC(=S)NNC(=O)CCC(=O)Nc2ccccc2Cl)cc1OC. The number of nitrogens with one attached hydrogen (secondary N) is 4. The quantitative estimate of drug-likeness (QED) is 0.255. The van der Waals surface area contributed by atoms with Gasteiger partial charge in [-0.25, -0.2) is 0 Å². The lowest BCUT2D eigenvalue weighted by Crippen LogP contribution is -2.48. The van der Waals surface area contributed by atoms with Gasteiger partial charge in [-0.05, 0) is 48.1 Å². The highest BCUT2D eigenvalue weighted by Crippen LogP contribution is 2.27. The monoisotopic (exact) mass is 490 g/mol.